The first-order valence-corrected chi connectivity index (χ1v) is 20.5. The van der Waals surface area contributed by atoms with Gasteiger partial charge in [-0.25, -0.2) is 22.4 Å². The predicted molar refractivity (Wildman–Crippen MR) is 251 cm³/mol. The van der Waals surface area contributed by atoms with E-state index >= 15 is 17.6 Å². The number of nitrogens with zero attached hydrogens (tertiary/aromatic N) is 4. The lowest BCUT2D eigenvalue weighted by Crippen LogP contribution is -2.14. The van der Waals surface area contributed by atoms with Gasteiger partial charge in [0.1, 0.15) is 23.3 Å². The largest absolute Gasteiger partial charge is 0.307 e. The second-order valence-electron chi connectivity index (χ2n) is 15.8. The molecule has 8 heteroatoms. The summed E-state index contributed by atoms with van der Waals surface area (Å²) >= 11 is 0. The predicted octanol–water partition coefficient (Wildman–Crippen LogP) is 16.5. The van der Waals surface area contributed by atoms with Crippen LogP contribution >= 0.6 is 0 Å². The molecule has 0 aliphatic carbocycles. The minimum atomic E-state index is -0.656. The van der Waals surface area contributed by atoms with Crippen LogP contribution in [0.15, 0.2) is 170 Å². The molecule has 0 unspecified atom stereocenters. The zero-order valence-electron chi connectivity index (χ0n) is 34.5. The van der Waals surface area contributed by atoms with Crippen molar-refractivity contribution in [2.24, 2.45) is 0 Å². The van der Waals surface area contributed by atoms with Gasteiger partial charge in [-0.05, 0) is 107 Å². The van der Waals surface area contributed by atoms with E-state index in [2.05, 4.69) is 10.9 Å². The number of aryl methyl sites for hydroxylation is 2. The average molecular weight is 839 g/mol. The minimum Gasteiger partial charge on any atom is -0.307 e. The molecule has 4 nitrogen and oxygen atoms in total. The molecule has 0 aliphatic rings. The van der Waals surface area contributed by atoms with Crippen molar-refractivity contribution >= 4 is 72.1 Å². The first kappa shape index (κ1) is 39.7. The Bertz CT molecular complexity index is 3280. The smallest absolute Gasteiger partial charge is 0.187 e. The fourth-order valence-electron chi connectivity index (χ4n) is 8.66. The molecule has 0 fully saturated rings. The molecule has 0 N–H and O–H groups in total. The quantitative estimate of drug-likeness (QED) is 0.0868. The molecule has 306 valence electrons. The van der Waals surface area contributed by atoms with Gasteiger partial charge in [0.25, 0.3) is 0 Å². The fraction of sp³-hybridized carbons (Fsp3) is 0.0357. The maximum atomic E-state index is 16.7. The molecule has 10 aromatic rings. The van der Waals surface area contributed by atoms with Crippen LogP contribution in [-0.4, -0.2) is 0 Å². The molecular weight excluding hydrogens is 805 g/mol. The highest BCUT2D eigenvalue weighted by Gasteiger charge is 2.26. The van der Waals surface area contributed by atoms with E-state index in [0.717, 1.165) is 32.7 Å². The lowest BCUT2D eigenvalue weighted by atomic mass is 9.91. The normalized spacial score (nSPS) is 11.2. The zero-order valence-corrected chi connectivity index (χ0v) is 34.5. The molecule has 0 saturated carbocycles. The van der Waals surface area contributed by atoms with Gasteiger partial charge in [0.15, 0.2) is 5.69 Å². The highest BCUT2D eigenvalue weighted by atomic mass is 19.1. The number of benzene rings is 10. The SMILES string of the molecule is [C-]#[N+]c1ccc(N(c2cc(F)c(-c3ccc(C)cc3)cc2F)c2ccc3ccc4c(N(c5ccc(C#N)cc5)c5cc(F)c(-c6ccc(C)cc6)cc5F)ccc5ccc2c3c54)cc1. The topological polar surface area (TPSA) is 34.6 Å². The van der Waals surface area contributed by atoms with Gasteiger partial charge in [0.05, 0.1) is 41.0 Å². The summed E-state index contributed by atoms with van der Waals surface area (Å²) in [6.45, 7) is 11.4. The Balaban J connectivity index is 1.19. The van der Waals surface area contributed by atoms with Crippen LogP contribution < -0.4 is 9.80 Å². The van der Waals surface area contributed by atoms with Crippen LogP contribution in [0.2, 0.25) is 0 Å². The van der Waals surface area contributed by atoms with Crippen LogP contribution in [-0.2, 0) is 0 Å². The molecule has 10 aromatic carbocycles. The maximum absolute atomic E-state index is 16.7. The molecule has 64 heavy (non-hydrogen) atoms. The molecule has 0 heterocycles. The Hall–Kier alpha value is -8.46. The summed E-state index contributed by atoms with van der Waals surface area (Å²) in [6, 6.07) is 50.2. The Morgan fingerprint density at radius 1 is 0.453 bits per heavy atom. The zero-order chi connectivity index (χ0) is 44.2. The Morgan fingerprint density at radius 2 is 0.859 bits per heavy atom. The number of hydrogen-bond donors (Lipinski definition) is 0. The number of halogens is 4. The van der Waals surface area contributed by atoms with E-state index in [-0.39, 0.29) is 22.5 Å². The van der Waals surface area contributed by atoms with Crippen molar-refractivity contribution in [1.29, 1.82) is 5.26 Å². The third-order valence-corrected chi connectivity index (χ3v) is 11.9. The van der Waals surface area contributed by atoms with Gasteiger partial charge < -0.3 is 9.80 Å². The third kappa shape index (κ3) is 6.79. The van der Waals surface area contributed by atoms with E-state index in [4.69, 9.17) is 6.57 Å². The Labute approximate surface area is 366 Å². The maximum Gasteiger partial charge on any atom is 0.187 e. The number of nitriles is 1. The molecule has 0 amide bonds. The van der Waals surface area contributed by atoms with Gasteiger partial charge >= 0.3 is 0 Å². The highest BCUT2D eigenvalue weighted by Crippen LogP contribution is 2.49. The van der Waals surface area contributed by atoms with Gasteiger partial charge in [0.2, 0.25) is 0 Å². The highest BCUT2D eigenvalue weighted by molar-refractivity contribution is 6.28. The van der Waals surface area contributed by atoms with Crippen LogP contribution in [0.4, 0.5) is 57.4 Å². The van der Waals surface area contributed by atoms with Gasteiger partial charge in [0, 0.05) is 45.4 Å². The second-order valence-corrected chi connectivity index (χ2v) is 15.8. The second kappa shape index (κ2) is 15.8. The van der Waals surface area contributed by atoms with Gasteiger partial charge in [-0.15, -0.1) is 0 Å². The van der Waals surface area contributed by atoms with Gasteiger partial charge in [-0.2, -0.15) is 5.26 Å². The monoisotopic (exact) mass is 838 g/mol. The first-order chi connectivity index (χ1) is 31.1. The van der Waals surface area contributed by atoms with Crippen molar-refractivity contribution in [2.75, 3.05) is 9.80 Å². The van der Waals surface area contributed by atoms with Crippen molar-refractivity contribution in [3.8, 4) is 28.3 Å². The first-order valence-electron chi connectivity index (χ1n) is 20.5. The van der Waals surface area contributed by atoms with E-state index in [1.165, 1.54) is 24.3 Å². The summed E-state index contributed by atoms with van der Waals surface area (Å²) in [6.07, 6.45) is 0. The van der Waals surface area contributed by atoms with E-state index in [0.29, 0.717) is 55.9 Å². The summed E-state index contributed by atoms with van der Waals surface area (Å²) in [5.74, 6) is -2.53. The Morgan fingerprint density at radius 3 is 1.27 bits per heavy atom. The van der Waals surface area contributed by atoms with Crippen LogP contribution in [0.1, 0.15) is 16.7 Å². The molecular formula is C56H34F4N4. The lowest BCUT2D eigenvalue weighted by molar-refractivity contribution is 0.604. The standard InChI is InChI=1S/C56H34F4N4/c1-33-4-10-36(11-5-33)45-28-49(59)53(30-47(45)57)63(41-20-8-35(32-61)9-21-41)51-26-16-38-15-25-44-52(27-17-39-14-24-43(51)55(38)56(39)44)64(42-22-18-40(62-3)19-23-42)54-31-48(58)46(29-50(54)60)37-12-6-34(2)7-13-37/h4-31H,1-2H3. The average Bonchev–Trinajstić information content (AvgIpc) is 3.32. The van der Waals surface area contributed by atoms with E-state index in [9.17, 15) is 5.26 Å². The van der Waals surface area contributed by atoms with Crippen molar-refractivity contribution < 1.29 is 17.6 Å². The third-order valence-electron chi connectivity index (χ3n) is 11.9. The minimum absolute atomic E-state index is 0.0294. The Kier molecular flexibility index (Phi) is 9.78. The summed E-state index contributed by atoms with van der Waals surface area (Å²) in [5.41, 5.74) is 6.14. The molecule has 10 rings (SSSR count). The van der Waals surface area contributed by atoms with E-state index < -0.39 is 23.3 Å². The summed E-state index contributed by atoms with van der Waals surface area (Å²) in [4.78, 5) is 6.86. The van der Waals surface area contributed by atoms with Crippen molar-refractivity contribution in [1.82, 2.24) is 0 Å². The molecule has 0 saturated heterocycles. The number of rotatable bonds is 8. The number of hydrogen-bond acceptors (Lipinski definition) is 3. The van der Waals surface area contributed by atoms with E-state index in [1.54, 1.807) is 82.6 Å². The van der Waals surface area contributed by atoms with Gasteiger partial charge in [-0.1, -0.05) is 108 Å². The summed E-state index contributed by atoms with van der Waals surface area (Å²) in [5, 5.41) is 14.4. The van der Waals surface area contributed by atoms with Crippen LogP contribution in [0, 0.1) is 55.0 Å². The van der Waals surface area contributed by atoms with Crippen LogP contribution in [0.3, 0.4) is 0 Å². The molecule has 0 spiro atoms. The molecule has 0 aromatic heterocycles. The van der Waals surface area contributed by atoms with Crippen molar-refractivity contribution in [3.05, 3.63) is 221 Å². The molecule has 0 radical (unpaired) electrons. The summed E-state index contributed by atoms with van der Waals surface area (Å²) < 4.78 is 66.0. The fourth-order valence-corrected chi connectivity index (χ4v) is 8.66. The number of anilines is 6. The lowest BCUT2D eigenvalue weighted by Gasteiger charge is -2.30. The van der Waals surface area contributed by atoms with E-state index in [1.807, 2.05) is 86.6 Å². The van der Waals surface area contributed by atoms with Crippen LogP contribution in [0.5, 0.6) is 0 Å². The molecule has 0 aliphatic heterocycles. The molecule has 0 atom stereocenters. The molecule has 0 bridgehead atoms. The summed E-state index contributed by atoms with van der Waals surface area (Å²) in [7, 11) is 0. The van der Waals surface area contributed by atoms with Crippen molar-refractivity contribution in [2.45, 2.75) is 13.8 Å². The van der Waals surface area contributed by atoms with Crippen LogP contribution in [0.25, 0.3) is 59.4 Å². The van der Waals surface area contributed by atoms with Gasteiger partial charge in [-0.3, -0.25) is 0 Å². The van der Waals surface area contributed by atoms with Crippen molar-refractivity contribution in [3.63, 3.8) is 0 Å².